The van der Waals surface area contributed by atoms with Gasteiger partial charge >= 0.3 is 0 Å². The van der Waals surface area contributed by atoms with Crippen LogP contribution in [0.2, 0.25) is 0 Å². The van der Waals surface area contributed by atoms with E-state index >= 15 is 0 Å². The van der Waals surface area contributed by atoms with Crippen molar-refractivity contribution < 1.29 is 0 Å². The standard InChI is InChI=1S/C11H22/c1-5-6-7-11(8-9-11)10(2,3)4/h5-9H2,1-4H3. The van der Waals surface area contributed by atoms with Crippen LogP contribution >= 0.6 is 0 Å². The lowest BCUT2D eigenvalue weighted by Crippen LogP contribution is -2.21. The molecule has 0 radical (unpaired) electrons. The van der Waals surface area contributed by atoms with Gasteiger partial charge in [0.25, 0.3) is 0 Å². The van der Waals surface area contributed by atoms with Gasteiger partial charge in [0.1, 0.15) is 0 Å². The Balaban J connectivity index is 2.41. The van der Waals surface area contributed by atoms with Gasteiger partial charge in [0, 0.05) is 0 Å². The highest BCUT2D eigenvalue weighted by atomic mass is 14.5. The van der Waals surface area contributed by atoms with Crippen molar-refractivity contribution in [3.05, 3.63) is 0 Å². The van der Waals surface area contributed by atoms with Gasteiger partial charge < -0.3 is 0 Å². The quantitative estimate of drug-likeness (QED) is 0.576. The molecule has 0 bridgehead atoms. The Bertz CT molecular complexity index is 123. The molecule has 0 heteroatoms. The summed E-state index contributed by atoms with van der Waals surface area (Å²) in [4.78, 5) is 0. The first-order valence-electron chi connectivity index (χ1n) is 5.02. The Kier molecular flexibility index (Phi) is 2.32. The van der Waals surface area contributed by atoms with E-state index in [1.807, 2.05) is 0 Å². The van der Waals surface area contributed by atoms with E-state index in [0.29, 0.717) is 5.41 Å². The van der Waals surface area contributed by atoms with E-state index in [9.17, 15) is 0 Å². The minimum atomic E-state index is 0.558. The molecule has 0 N–H and O–H groups in total. The lowest BCUT2D eigenvalue weighted by atomic mass is 9.75. The maximum absolute atomic E-state index is 2.40. The zero-order chi connectivity index (χ0) is 8.54. The van der Waals surface area contributed by atoms with E-state index in [-0.39, 0.29) is 0 Å². The summed E-state index contributed by atoms with van der Waals surface area (Å²) in [5, 5.41) is 0. The average Bonchev–Trinajstić information content (AvgIpc) is 2.61. The van der Waals surface area contributed by atoms with E-state index in [1.165, 1.54) is 32.1 Å². The summed E-state index contributed by atoms with van der Waals surface area (Å²) in [6.07, 6.45) is 7.22. The minimum absolute atomic E-state index is 0.558. The third-order valence-corrected chi connectivity index (χ3v) is 3.45. The molecule has 0 atom stereocenters. The molecule has 1 rings (SSSR count). The highest BCUT2D eigenvalue weighted by Gasteiger charge is 2.50. The molecule has 0 aliphatic heterocycles. The fraction of sp³-hybridized carbons (Fsp3) is 1.00. The molecule has 0 aromatic heterocycles. The fourth-order valence-corrected chi connectivity index (χ4v) is 2.04. The molecular formula is C11H22. The summed E-state index contributed by atoms with van der Waals surface area (Å²) >= 11 is 0. The van der Waals surface area contributed by atoms with Crippen LogP contribution in [0.25, 0.3) is 0 Å². The van der Waals surface area contributed by atoms with Crippen molar-refractivity contribution >= 4 is 0 Å². The number of rotatable bonds is 3. The van der Waals surface area contributed by atoms with E-state index in [1.54, 1.807) is 0 Å². The highest BCUT2D eigenvalue weighted by molar-refractivity contribution is 5.00. The Morgan fingerprint density at radius 3 is 2.00 bits per heavy atom. The van der Waals surface area contributed by atoms with E-state index in [2.05, 4.69) is 27.7 Å². The topological polar surface area (TPSA) is 0 Å². The molecule has 1 aliphatic rings. The zero-order valence-electron chi connectivity index (χ0n) is 8.54. The maximum atomic E-state index is 2.40. The van der Waals surface area contributed by atoms with Crippen LogP contribution in [0.1, 0.15) is 59.8 Å². The number of hydrogen-bond acceptors (Lipinski definition) is 0. The highest BCUT2D eigenvalue weighted by Crippen LogP contribution is 2.61. The summed E-state index contributed by atoms with van der Waals surface area (Å²) in [6, 6.07) is 0. The molecule has 0 unspecified atom stereocenters. The molecule has 11 heavy (non-hydrogen) atoms. The third-order valence-electron chi connectivity index (χ3n) is 3.45. The van der Waals surface area contributed by atoms with Gasteiger partial charge in [-0.1, -0.05) is 40.5 Å². The monoisotopic (exact) mass is 154 g/mol. The molecule has 0 amide bonds. The minimum Gasteiger partial charge on any atom is -0.0654 e. The first-order valence-corrected chi connectivity index (χ1v) is 5.02. The molecule has 0 nitrogen and oxygen atoms in total. The molecule has 1 aliphatic carbocycles. The van der Waals surface area contributed by atoms with Crippen LogP contribution in [0.4, 0.5) is 0 Å². The first kappa shape index (κ1) is 9.09. The van der Waals surface area contributed by atoms with Gasteiger partial charge in [-0.05, 0) is 30.1 Å². The van der Waals surface area contributed by atoms with Crippen LogP contribution in [-0.2, 0) is 0 Å². The summed E-state index contributed by atoms with van der Waals surface area (Å²) in [5.74, 6) is 0. The van der Waals surface area contributed by atoms with Crippen LogP contribution in [0, 0.1) is 10.8 Å². The average molecular weight is 154 g/mol. The van der Waals surface area contributed by atoms with Crippen molar-refractivity contribution in [1.82, 2.24) is 0 Å². The zero-order valence-corrected chi connectivity index (χ0v) is 8.54. The smallest absolute Gasteiger partial charge is 0.0248 e. The molecule has 66 valence electrons. The van der Waals surface area contributed by atoms with Gasteiger partial charge in [-0.25, -0.2) is 0 Å². The molecule has 0 spiro atoms. The Hall–Kier alpha value is 0. The third kappa shape index (κ3) is 1.77. The van der Waals surface area contributed by atoms with Crippen LogP contribution in [0.3, 0.4) is 0 Å². The summed E-state index contributed by atoms with van der Waals surface area (Å²) in [5.41, 5.74) is 1.30. The molecule has 1 fully saturated rings. The SMILES string of the molecule is CCCCC1(C(C)(C)C)CC1. The van der Waals surface area contributed by atoms with Crippen molar-refractivity contribution in [2.45, 2.75) is 59.8 Å². The van der Waals surface area contributed by atoms with Crippen molar-refractivity contribution in [3.8, 4) is 0 Å². The van der Waals surface area contributed by atoms with Crippen LogP contribution in [-0.4, -0.2) is 0 Å². The fourth-order valence-electron chi connectivity index (χ4n) is 2.04. The van der Waals surface area contributed by atoms with E-state index in [4.69, 9.17) is 0 Å². The van der Waals surface area contributed by atoms with Crippen molar-refractivity contribution in [2.75, 3.05) is 0 Å². The second-order valence-corrected chi connectivity index (χ2v) is 5.13. The first-order chi connectivity index (χ1) is 5.02. The molecule has 0 aromatic rings. The molecular weight excluding hydrogens is 132 g/mol. The van der Waals surface area contributed by atoms with Crippen molar-refractivity contribution in [3.63, 3.8) is 0 Å². The lowest BCUT2D eigenvalue weighted by molar-refractivity contribution is 0.195. The van der Waals surface area contributed by atoms with Crippen molar-refractivity contribution in [1.29, 1.82) is 0 Å². The Morgan fingerprint density at radius 2 is 1.73 bits per heavy atom. The van der Waals surface area contributed by atoms with E-state index in [0.717, 1.165) is 5.41 Å². The number of unbranched alkanes of at least 4 members (excludes halogenated alkanes) is 1. The van der Waals surface area contributed by atoms with Crippen LogP contribution in [0.15, 0.2) is 0 Å². The summed E-state index contributed by atoms with van der Waals surface area (Å²) in [6.45, 7) is 9.49. The Labute approximate surface area is 71.4 Å². The van der Waals surface area contributed by atoms with Gasteiger partial charge in [0.2, 0.25) is 0 Å². The normalized spacial score (nSPS) is 21.8. The van der Waals surface area contributed by atoms with Crippen molar-refractivity contribution in [2.24, 2.45) is 10.8 Å². The lowest BCUT2D eigenvalue weighted by Gasteiger charge is -2.30. The second kappa shape index (κ2) is 2.80. The summed E-state index contributed by atoms with van der Waals surface area (Å²) in [7, 11) is 0. The molecule has 0 aromatic carbocycles. The Morgan fingerprint density at radius 1 is 1.18 bits per heavy atom. The largest absolute Gasteiger partial charge is 0.0654 e. The summed E-state index contributed by atoms with van der Waals surface area (Å²) < 4.78 is 0. The van der Waals surface area contributed by atoms with Gasteiger partial charge in [0.15, 0.2) is 0 Å². The number of hydrogen-bond donors (Lipinski definition) is 0. The predicted molar refractivity (Wildman–Crippen MR) is 50.6 cm³/mol. The molecule has 0 saturated heterocycles. The van der Waals surface area contributed by atoms with Gasteiger partial charge in [-0.15, -0.1) is 0 Å². The van der Waals surface area contributed by atoms with Gasteiger partial charge in [-0.2, -0.15) is 0 Å². The second-order valence-electron chi connectivity index (χ2n) is 5.13. The van der Waals surface area contributed by atoms with Crippen LogP contribution < -0.4 is 0 Å². The molecule has 0 heterocycles. The van der Waals surface area contributed by atoms with Gasteiger partial charge in [-0.3, -0.25) is 0 Å². The maximum Gasteiger partial charge on any atom is -0.0248 e. The predicted octanol–water partition coefficient (Wildman–Crippen LogP) is 4.00. The van der Waals surface area contributed by atoms with E-state index < -0.39 is 0 Å². The molecule has 1 saturated carbocycles. The van der Waals surface area contributed by atoms with Gasteiger partial charge in [0.05, 0.1) is 0 Å². The van der Waals surface area contributed by atoms with Crippen LogP contribution in [0.5, 0.6) is 0 Å².